The fourth-order valence-electron chi connectivity index (χ4n) is 2.72. The Bertz CT molecular complexity index is 743. The zero-order valence-electron chi connectivity index (χ0n) is 13.4. The Labute approximate surface area is 168 Å². The smallest absolute Gasteiger partial charge is 0.339 e. The Kier molecular flexibility index (Phi) is 7.12. The highest BCUT2D eigenvalue weighted by molar-refractivity contribution is 9.10. The van der Waals surface area contributed by atoms with Crippen molar-refractivity contribution >= 4 is 45.9 Å². The number of hydrogen-bond donors (Lipinski definition) is 1. The molecule has 1 aromatic carbocycles. The van der Waals surface area contributed by atoms with E-state index in [1.54, 1.807) is 12.4 Å². The zero-order valence-corrected chi connectivity index (χ0v) is 16.6. The Hall–Kier alpha value is -1.09. The van der Waals surface area contributed by atoms with Crippen LogP contribution in [0.3, 0.4) is 0 Å². The van der Waals surface area contributed by atoms with Gasteiger partial charge >= 0.3 is 6.18 Å². The molecular formula is C16H16BrCl2F3N4. The van der Waals surface area contributed by atoms with E-state index in [4.69, 9.17) is 11.6 Å². The average Bonchev–Trinajstić information content (AvgIpc) is 3.02. The summed E-state index contributed by atoms with van der Waals surface area (Å²) in [6, 6.07) is 3.52. The monoisotopic (exact) mass is 470 g/mol. The van der Waals surface area contributed by atoms with Crippen LogP contribution < -0.4 is 10.2 Å². The first kappa shape index (κ1) is 21.2. The van der Waals surface area contributed by atoms with E-state index in [1.165, 1.54) is 6.07 Å². The van der Waals surface area contributed by atoms with Crippen LogP contribution in [0.1, 0.15) is 17.5 Å². The molecule has 26 heavy (non-hydrogen) atoms. The Morgan fingerprint density at radius 3 is 2.62 bits per heavy atom. The quantitative estimate of drug-likeness (QED) is 0.701. The minimum absolute atomic E-state index is 0. The van der Waals surface area contributed by atoms with Crippen LogP contribution in [0.2, 0.25) is 5.02 Å². The SMILES string of the molecule is Cl.FC(F)(F)c1ccc(Cl)c(CN[C@H]2CCN(c3ncc(Br)cn3)C2)c1. The molecule has 2 aromatic rings. The summed E-state index contributed by atoms with van der Waals surface area (Å²) in [5.74, 6) is 0.643. The van der Waals surface area contributed by atoms with E-state index in [0.29, 0.717) is 23.1 Å². The number of nitrogens with one attached hydrogen (secondary N) is 1. The Morgan fingerprint density at radius 2 is 1.96 bits per heavy atom. The van der Waals surface area contributed by atoms with Gasteiger partial charge < -0.3 is 10.2 Å². The maximum atomic E-state index is 12.8. The van der Waals surface area contributed by atoms with E-state index in [-0.39, 0.29) is 25.0 Å². The lowest BCUT2D eigenvalue weighted by molar-refractivity contribution is -0.137. The second-order valence-corrected chi connectivity index (χ2v) is 7.14. The number of nitrogens with zero attached hydrogens (tertiary/aromatic N) is 3. The number of rotatable bonds is 4. The largest absolute Gasteiger partial charge is 0.416 e. The van der Waals surface area contributed by atoms with Crippen molar-refractivity contribution in [2.75, 3.05) is 18.0 Å². The third-order valence-electron chi connectivity index (χ3n) is 4.03. The van der Waals surface area contributed by atoms with E-state index < -0.39 is 11.7 Å². The van der Waals surface area contributed by atoms with Crippen LogP contribution >= 0.6 is 39.9 Å². The molecule has 3 rings (SSSR count). The summed E-state index contributed by atoms with van der Waals surface area (Å²) in [4.78, 5) is 10.6. The van der Waals surface area contributed by atoms with Crippen molar-refractivity contribution in [3.8, 4) is 0 Å². The van der Waals surface area contributed by atoms with E-state index in [9.17, 15) is 13.2 Å². The summed E-state index contributed by atoms with van der Waals surface area (Å²) in [5, 5.41) is 3.60. The first-order valence-corrected chi connectivity index (χ1v) is 8.81. The summed E-state index contributed by atoms with van der Waals surface area (Å²) >= 11 is 9.32. The maximum absolute atomic E-state index is 12.8. The van der Waals surface area contributed by atoms with Crippen molar-refractivity contribution < 1.29 is 13.2 Å². The molecule has 4 nitrogen and oxygen atoms in total. The number of alkyl halides is 3. The molecule has 1 N–H and O–H groups in total. The number of aromatic nitrogens is 2. The minimum atomic E-state index is -4.37. The molecule has 1 aliphatic rings. The molecule has 0 spiro atoms. The van der Waals surface area contributed by atoms with Crippen LogP contribution in [-0.2, 0) is 12.7 Å². The second-order valence-electron chi connectivity index (χ2n) is 5.82. The zero-order chi connectivity index (χ0) is 18.0. The topological polar surface area (TPSA) is 41.0 Å². The van der Waals surface area contributed by atoms with Gasteiger partial charge in [0.25, 0.3) is 0 Å². The summed E-state index contributed by atoms with van der Waals surface area (Å²) in [6.45, 7) is 1.76. The normalized spacial score (nSPS) is 17.3. The predicted molar refractivity (Wildman–Crippen MR) is 101 cm³/mol. The van der Waals surface area contributed by atoms with Crippen molar-refractivity contribution in [3.63, 3.8) is 0 Å². The van der Waals surface area contributed by atoms with E-state index >= 15 is 0 Å². The highest BCUT2D eigenvalue weighted by Crippen LogP contribution is 2.31. The van der Waals surface area contributed by atoms with Gasteiger partial charge in [-0.05, 0) is 46.1 Å². The molecule has 10 heteroatoms. The van der Waals surface area contributed by atoms with Crippen LogP contribution in [0.5, 0.6) is 0 Å². The molecule has 1 atom stereocenters. The van der Waals surface area contributed by atoms with Gasteiger partial charge in [0.1, 0.15) is 0 Å². The van der Waals surface area contributed by atoms with Crippen LogP contribution in [0, 0.1) is 0 Å². The molecule has 1 aromatic heterocycles. The first-order valence-electron chi connectivity index (χ1n) is 7.64. The number of benzene rings is 1. The molecule has 0 amide bonds. The summed E-state index contributed by atoms with van der Waals surface area (Å²) in [7, 11) is 0. The van der Waals surface area contributed by atoms with Crippen LogP contribution in [0.4, 0.5) is 19.1 Å². The molecule has 1 saturated heterocycles. The second kappa shape index (κ2) is 8.73. The Balaban J connectivity index is 0.00000243. The standard InChI is InChI=1S/C16H15BrClF3N4.ClH/c17-12-7-23-15(24-8-12)25-4-3-13(9-25)22-6-10-5-11(16(19,20)21)1-2-14(10)18;/h1-2,5,7-8,13,22H,3-4,6,9H2;1H/t13-;/m0./s1. The Morgan fingerprint density at radius 1 is 1.27 bits per heavy atom. The van der Waals surface area contributed by atoms with E-state index in [1.807, 2.05) is 4.90 Å². The average molecular weight is 472 g/mol. The molecule has 0 unspecified atom stereocenters. The summed E-state index contributed by atoms with van der Waals surface area (Å²) in [6.07, 6.45) is -0.143. The molecule has 0 bridgehead atoms. The van der Waals surface area contributed by atoms with Gasteiger partial charge in [-0.25, -0.2) is 9.97 Å². The molecule has 0 saturated carbocycles. The van der Waals surface area contributed by atoms with E-state index in [0.717, 1.165) is 29.6 Å². The van der Waals surface area contributed by atoms with Gasteiger partial charge in [0, 0.05) is 43.1 Å². The van der Waals surface area contributed by atoms with Crippen LogP contribution in [0.15, 0.2) is 35.1 Å². The van der Waals surface area contributed by atoms with Gasteiger partial charge in [0.15, 0.2) is 0 Å². The molecular weight excluding hydrogens is 456 g/mol. The third kappa shape index (κ3) is 5.22. The van der Waals surface area contributed by atoms with Gasteiger partial charge in [-0.1, -0.05) is 11.6 Å². The predicted octanol–water partition coefficient (Wildman–Crippen LogP) is 4.70. The van der Waals surface area contributed by atoms with Crippen molar-refractivity contribution in [2.45, 2.75) is 25.2 Å². The highest BCUT2D eigenvalue weighted by atomic mass is 79.9. The lowest BCUT2D eigenvalue weighted by Crippen LogP contribution is -2.32. The lowest BCUT2D eigenvalue weighted by atomic mass is 10.1. The van der Waals surface area contributed by atoms with E-state index in [2.05, 4.69) is 31.2 Å². The van der Waals surface area contributed by atoms with Gasteiger partial charge in [0.2, 0.25) is 5.95 Å². The molecule has 0 radical (unpaired) electrons. The van der Waals surface area contributed by atoms with Gasteiger partial charge in [-0.15, -0.1) is 12.4 Å². The number of halogens is 6. The van der Waals surface area contributed by atoms with Crippen molar-refractivity contribution in [3.05, 3.63) is 51.2 Å². The highest BCUT2D eigenvalue weighted by Gasteiger charge is 2.31. The van der Waals surface area contributed by atoms with Crippen LogP contribution in [-0.4, -0.2) is 29.1 Å². The van der Waals surface area contributed by atoms with Crippen LogP contribution in [0.25, 0.3) is 0 Å². The lowest BCUT2D eigenvalue weighted by Gasteiger charge is -2.17. The molecule has 1 fully saturated rings. The minimum Gasteiger partial charge on any atom is -0.339 e. The summed E-state index contributed by atoms with van der Waals surface area (Å²) in [5.41, 5.74) is -0.250. The summed E-state index contributed by atoms with van der Waals surface area (Å²) < 4.78 is 39.3. The number of anilines is 1. The van der Waals surface area contributed by atoms with Gasteiger partial charge in [-0.3, -0.25) is 0 Å². The third-order valence-corrected chi connectivity index (χ3v) is 4.81. The molecule has 2 heterocycles. The molecule has 142 valence electrons. The van der Waals surface area contributed by atoms with Gasteiger partial charge in [-0.2, -0.15) is 13.2 Å². The number of hydrogen-bond acceptors (Lipinski definition) is 4. The van der Waals surface area contributed by atoms with Crippen molar-refractivity contribution in [1.29, 1.82) is 0 Å². The maximum Gasteiger partial charge on any atom is 0.416 e. The van der Waals surface area contributed by atoms with Gasteiger partial charge in [0.05, 0.1) is 10.0 Å². The molecule has 0 aliphatic carbocycles. The first-order chi connectivity index (χ1) is 11.8. The molecule has 1 aliphatic heterocycles. The van der Waals surface area contributed by atoms with Crippen molar-refractivity contribution in [1.82, 2.24) is 15.3 Å². The van der Waals surface area contributed by atoms with Crippen molar-refractivity contribution in [2.24, 2.45) is 0 Å². The fourth-order valence-corrected chi connectivity index (χ4v) is 3.11. The fraction of sp³-hybridized carbons (Fsp3) is 0.375.